The van der Waals surface area contributed by atoms with E-state index in [0.717, 1.165) is 73.0 Å². The van der Waals surface area contributed by atoms with Gasteiger partial charge in [0, 0.05) is 33.4 Å². The third-order valence-corrected chi connectivity index (χ3v) is 12.6. The molecule has 0 atom stereocenters. The van der Waals surface area contributed by atoms with Gasteiger partial charge in [0.15, 0.2) is 5.82 Å². The minimum Gasteiger partial charge on any atom is -0.456 e. The highest BCUT2D eigenvalue weighted by Gasteiger charge is 2.51. The fraction of sp³-hybridized carbons (Fsp3) is 0.0169. The maximum absolute atomic E-state index is 7.03. The minimum absolute atomic E-state index is 0.538. The van der Waals surface area contributed by atoms with Gasteiger partial charge in [-0.15, -0.1) is 0 Å². The van der Waals surface area contributed by atoms with Crippen molar-refractivity contribution in [3.05, 3.63) is 253 Å². The van der Waals surface area contributed by atoms with E-state index in [1.54, 1.807) is 0 Å². The lowest BCUT2D eigenvalue weighted by Crippen LogP contribution is -2.32. The van der Waals surface area contributed by atoms with E-state index in [0.29, 0.717) is 5.82 Å². The van der Waals surface area contributed by atoms with Crippen LogP contribution in [-0.4, -0.2) is 9.97 Å². The molecule has 9 aromatic carbocycles. The van der Waals surface area contributed by atoms with E-state index in [1.165, 1.54) is 33.4 Å². The number of ether oxygens (including phenoxy) is 1. The van der Waals surface area contributed by atoms with Crippen LogP contribution >= 0.6 is 0 Å². The molecule has 12 rings (SSSR count). The number of benzene rings is 9. The summed E-state index contributed by atoms with van der Waals surface area (Å²) in [6.45, 7) is 0. The van der Waals surface area contributed by atoms with Crippen molar-refractivity contribution < 1.29 is 4.74 Å². The van der Waals surface area contributed by atoms with Gasteiger partial charge < -0.3 is 4.74 Å². The highest BCUT2D eigenvalue weighted by Crippen LogP contribution is 2.63. The normalized spacial score (nSPS) is 12.8. The second-order valence-electron chi connectivity index (χ2n) is 16.1. The zero-order valence-electron chi connectivity index (χ0n) is 33.7. The van der Waals surface area contributed by atoms with Crippen molar-refractivity contribution in [2.24, 2.45) is 0 Å². The summed E-state index contributed by atoms with van der Waals surface area (Å²) < 4.78 is 7.03. The molecule has 2 aliphatic rings. The Morgan fingerprint density at radius 1 is 0.290 bits per heavy atom. The van der Waals surface area contributed by atoms with Crippen molar-refractivity contribution in [2.45, 2.75) is 5.41 Å². The average molecular weight is 791 g/mol. The second-order valence-corrected chi connectivity index (χ2v) is 16.1. The van der Waals surface area contributed by atoms with Gasteiger partial charge in [0.25, 0.3) is 0 Å². The van der Waals surface area contributed by atoms with Crippen LogP contribution < -0.4 is 4.74 Å². The van der Waals surface area contributed by atoms with Gasteiger partial charge in [-0.05, 0) is 68.3 Å². The van der Waals surface area contributed by atoms with Gasteiger partial charge in [-0.1, -0.05) is 212 Å². The van der Waals surface area contributed by atoms with Gasteiger partial charge in [0.2, 0.25) is 0 Å². The lowest BCUT2D eigenvalue weighted by atomic mass is 9.65. The smallest absolute Gasteiger partial charge is 0.160 e. The molecule has 290 valence electrons. The topological polar surface area (TPSA) is 35.0 Å². The summed E-state index contributed by atoms with van der Waals surface area (Å²) in [5, 5.41) is 0. The molecule has 0 saturated carbocycles. The molecular weight excluding hydrogens is 753 g/mol. The van der Waals surface area contributed by atoms with Crippen molar-refractivity contribution in [2.75, 3.05) is 0 Å². The first-order chi connectivity index (χ1) is 30.7. The molecule has 0 radical (unpaired) electrons. The Hall–Kier alpha value is -8.14. The van der Waals surface area contributed by atoms with Crippen LogP contribution in [0.5, 0.6) is 11.5 Å². The van der Waals surface area contributed by atoms with Crippen LogP contribution in [0.2, 0.25) is 0 Å². The van der Waals surface area contributed by atoms with Crippen LogP contribution in [0.25, 0.3) is 78.4 Å². The molecule has 3 heteroatoms. The van der Waals surface area contributed by atoms with Crippen molar-refractivity contribution >= 4 is 0 Å². The minimum atomic E-state index is -0.538. The molecule has 1 aliphatic heterocycles. The number of hydrogen-bond donors (Lipinski definition) is 0. The van der Waals surface area contributed by atoms with Crippen LogP contribution in [0.15, 0.2) is 231 Å². The predicted molar refractivity (Wildman–Crippen MR) is 252 cm³/mol. The number of nitrogens with zero attached hydrogens (tertiary/aromatic N) is 2. The summed E-state index contributed by atoms with van der Waals surface area (Å²) in [6.07, 6.45) is 0. The monoisotopic (exact) mass is 790 g/mol. The maximum atomic E-state index is 7.03. The molecule has 62 heavy (non-hydrogen) atoms. The highest BCUT2D eigenvalue weighted by molar-refractivity contribution is 5.90. The van der Waals surface area contributed by atoms with E-state index in [1.807, 2.05) is 12.1 Å². The Morgan fingerprint density at radius 2 is 0.710 bits per heavy atom. The molecule has 2 heterocycles. The summed E-state index contributed by atoms with van der Waals surface area (Å²) in [6, 6.07) is 81.8. The lowest BCUT2D eigenvalue weighted by Gasteiger charge is -2.40. The summed E-state index contributed by atoms with van der Waals surface area (Å²) in [5.74, 6) is 2.39. The molecule has 0 fully saturated rings. The molecule has 3 nitrogen and oxygen atoms in total. The van der Waals surface area contributed by atoms with Crippen molar-refractivity contribution in [1.82, 2.24) is 9.97 Å². The van der Waals surface area contributed by atoms with Crippen molar-refractivity contribution in [3.8, 4) is 89.9 Å². The van der Waals surface area contributed by atoms with Gasteiger partial charge in [-0.25, -0.2) is 9.97 Å². The Bertz CT molecular complexity index is 3150. The molecule has 1 aromatic heterocycles. The van der Waals surface area contributed by atoms with E-state index >= 15 is 0 Å². The van der Waals surface area contributed by atoms with Crippen molar-refractivity contribution in [3.63, 3.8) is 0 Å². The van der Waals surface area contributed by atoms with Gasteiger partial charge in [0.1, 0.15) is 11.5 Å². The van der Waals surface area contributed by atoms with Crippen LogP contribution in [0.4, 0.5) is 0 Å². The molecule has 0 saturated heterocycles. The van der Waals surface area contributed by atoms with Gasteiger partial charge >= 0.3 is 0 Å². The van der Waals surface area contributed by atoms with Gasteiger partial charge in [-0.3, -0.25) is 0 Å². The molecule has 0 unspecified atom stereocenters. The first-order valence-electron chi connectivity index (χ1n) is 21.1. The SMILES string of the molecule is c1ccc(-c2ccc(-c3cc(-c4ccc(-c5ccccc5)cc4)nc(-c4cccc(-c5cccc6c5Oc5ccccc5C65c6ccccc6-c6ccccc65)c4)n3)cc2)cc1. The third kappa shape index (κ3) is 5.74. The number of hydrogen-bond acceptors (Lipinski definition) is 3. The standard InChI is InChI=1S/C59H38N2O/c1-3-15-39(16-4-1)41-29-33-43(34-30-41)54-38-55(44-35-31-42(32-36-44)40-17-5-2-6-18-40)61-58(60-54)46-20-13-19-45(37-46)47-23-14-27-53-57(47)62-56-28-12-11-26-52(56)59(53)50-24-9-7-21-48(50)49-22-8-10-25-51(49)59/h1-38H. The summed E-state index contributed by atoms with van der Waals surface area (Å²) in [5.41, 5.74) is 18.3. The van der Waals surface area contributed by atoms with Crippen LogP contribution in [-0.2, 0) is 5.41 Å². The number of para-hydroxylation sites is 2. The quantitative estimate of drug-likeness (QED) is 0.168. The largest absolute Gasteiger partial charge is 0.456 e. The second kappa shape index (κ2) is 14.5. The fourth-order valence-corrected chi connectivity index (χ4v) is 9.73. The van der Waals surface area contributed by atoms with Crippen LogP contribution in [0.3, 0.4) is 0 Å². The van der Waals surface area contributed by atoms with Gasteiger partial charge in [0.05, 0.1) is 16.8 Å². The highest BCUT2D eigenvalue weighted by atomic mass is 16.5. The van der Waals surface area contributed by atoms with Crippen LogP contribution in [0.1, 0.15) is 22.3 Å². The molecule has 1 spiro atoms. The number of rotatable bonds is 6. The predicted octanol–water partition coefficient (Wildman–Crippen LogP) is 14.9. The fourth-order valence-electron chi connectivity index (χ4n) is 9.73. The van der Waals surface area contributed by atoms with E-state index in [-0.39, 0.29) is 0 Å². The maximum Gasteiger partial charge on any atom is 0.160 e. The average Bonchev–Trinajstić information content (AvgIpc) is 3.65. The zero-order chi connectivity index (χ0) is 41.0. The Labute approximate surface area is 361 Å². The van der Waals surface area contributed by atoms with E-state index in [2.05, 4.69) is 218 Å². The lowest BCUT2D eigenvalue weighted by molar-refractivity contribution is 0.438. The molecule has 0 amide bonds. The molecule has 1 aliphatic carbocycles. The van der Waals surface area contributed by atoms with E-state index < -0.39 is 5.41 Å². The van der Waals surface area contributed by atoms with E-state index in [9.17, 15) is 0 Å². The molecule has 0 N–H and O–H groups in total. The summed E-state index contributed by atoms with van der Waals surface area (Å²) in [7, 11) is 0. The van der Waals surface area contributed by atoms with E-state index in [4.69, 9.17) is 14.7 Å². The Kier molecular flexibility index (Phi) is 8.39. The summed E-state index contributed by atoms with van der Waals surface area (Å²) >= 11 is 0. The number of aromatic nitrogens is 2. The number of fused-ring (bicyclic) bond motifs is 9. The van der Waals surface area contributed by atoms with Gasteiger partial charge in [-0.2, -0.15) is 0 Å². The summed E-state index contributed by atoms with van der Waals surface area (Å²) in [4.78, 5) is 10.6. The Morgan fingerprint density at radius 3 is 1.31 bits per heavy atom. The zero-order valence-corrected chi connectivity index (χ0v) is 33.7. The molecule has 10 aromatic rings. The van der Waals surface area contributed by atoms with Crippen molar-refractivity contribution in [1.29, 1.82) is 0 Å². The third-order valence-electron chi connectivity index (χ3n) is 12.6. The molecular formula is C59H38N2O. The Balaban J connectivity index is 1.00. The first-order valence-corrected chi connectivity index (χ1v) is 21.1. The molecule has 0 bridgehead atoms. The first kappa shape index (κ1) is 35.8. The van der Waals surface area contributed by atoms with Crippen LogP contribution in [0, 0.1) is 0 Å².